The quantitative estimate of drug-likeness (QED) is 0.752. The number of thiophene rings is 1. The molecule has 138 valence electrons. The number of rotatable bonds is 4. The lowest BCUT2D eigenvalue weighted by Crippen LogP contribution is -2.22. The Morgan fingerprint density at radius 1 is 1.56 bits per heavy atom. The first kappa shape index (κ1) is 17.4. The number of allylic oxidation sites excluding steroid dienone is 3. The highest BCUT2D eigenvalue weighted by atomic mass is 32.1. The molecule has 2 aliphatic rings. The zero-order chi connectivity index (χ0) is 19.0. The summed E-state index contributed by atoms with van der Waals surface area (Å²) in [4.78, 5) is 12.4. The number of carbonyl (C=O) groups excluding carboxylic acids is 1. The van der Waals surface area contributed by atoms with Gasteiger partial charge in [-0.05, 0) is 18.4 Å². The summed E-state index contributed by atoms with van der Waals surface area (Å²) < 4.78 is 18.2. The third-order valence-corrected chi connectivity index (χ3v) is 5.30. The van der Waals surface area contributed by atoms with Crippen LogP contribution in [0.4, 0.5) is 0 Å². The van der Waals surface area contributed by atoms with E-state index in [9.17, 15) is 10.1 Å². The van der Waals surface area contributed by atoms with E-state index in [2.05, 4.69) is 11.2 Å². The Bertz CT molecular complexity index is 995. The molecule has 8 heteroatoms. The summed E-state index contributed by atoms with van der Waals surface area (Å²) in [5.41, 5.74) is 3.24. The summed E-state index contributed by atoms with van der Waals surface area (Å²) in [6.45, 7) is 2.25. The second kappa shape index (κ2) is 6.93. The van der Waals surface area contributed by atoms with Crippen LogP contribution in [0.25, 0.3) is 5.69 Å². The van der Waals surface area contributed by atoms with Gasteiger partial charge in [-0.3, -0.25) is 0 Å². The average Bonchev–Trinajstić information content (AvgIpc) is 3.34. The van der Waals surface area contributed by atoms with Gasteiger partial charge in [0.2, 0.25) is 0 Å². The van der Waals surface area contributed by atoms with E-state index < -0.39 is 5.97 Å². The van der Waals surface area contributed by atoms with Crippen molar-refractivity contribution in [3.63, 3.8) is 0 Å². The first-order valence-electron chi connectivity index (χ1n) is 8.51. The van der Waals surface area contributed by atoms with Gasteiger partial charge in [-0.2, -0.15) is 21.7 Å². The smallest absolute Gasteiger partial charge is 0.359 e. The number of carbonyl (C=O) groups is 1. The normalized spacial score (nSPS) is 18.0. The SMILES string of the molecule is CCOC(=O)c1nn(-c2ccsc2)c2c1COC1=CC(OC)=C(C#N)CC12. The van der Waals surface area contributed by atoms with E-state index in [-0.39, 0.29) is 24.8 Å². The maximum absolute atomic E-state index is 12.4. The summed E-state index contributed by atoms with van der Waals surface area (Å²) >= 11 is 1.55. The van der Waals surface area contributed by atoms with Crippen LogP contribution in [0.5, 0.6) is 0 Å². The van der Waals surface area contributed by atoms with Crippen LogP contribution in [0.2, 0.25) is 0 Å². The molecule has 3 heterocycles. The Balaban J connectivity index is 1.87. The van der Waals surface area contributed by atoms with E-state index in [1.54, 1.807) is 29.0 Å². The fourth-order valence-electron chi connectivity index (χ4n) is 3.44. The van der Waals surface area contributed by atoms with Crippen molar-refractivity contribution >= 4 is 17.3 Å². The Kier molecular flexibility index (Phi) is 4.46. The van der Waals surface area contributed by atoms with Crippen molar-refractivity contribution in [2.24, 2.45) is 0 Å². The summed E-state index contributed by atoms with van der Waals surface area (Å²) in [5, 5.41) is 18.0. The van der Waals surface area contributed by atoms with Crippen molar-refractivity contribution in [2.75, 3.05) is 13.7 Å². The largest absolute Gasteiger partial charge is 0.496 e. The van der Waals surface area contributed by atoms with Crippen LogP contribution in [-0.2, 0) is 20.8 Å². The molecule has 0 radical (unpaired) electrons. The van der Waals surface area contributed by atoms with Crippen molar-refractivity contribution in [1.82, 2.24) is 9.78 Å². The van der Waals surface area contributed by atoms with E-state index in [0.717, 1.165) is 11.4 Å². The summed E-state index contributed by atoms with van der Waals surface area (Å²) in [7, 11) is 1.53. The number of fused-ring (bicyclic) bond motifs is 3. The highest BCUT2D eigenvalue weighted by Gasteiger charge is 2.38. The first-order valence-corrected chi connectivity index (χ1v) is 9.45. The second-order valence-electron chi connectivity index (χ2n) is 6.08. The molecule has 0 aromatic carbocycles. The molecule has 1 aliphatic carbocycles. The predicted octanol–water partition coefficient (Wildman–Crippen LogP) is 3.44. The summed E-state index contributed by atoms with van der Waals surface area (Å²) in [5.74, 6) is 0.547. The van der Waals surface area contributed by atoms with Crippen LogP contribution in [-0.4, -0.2) is 29.5 Å². The van der Waals surface area contributed by atoms with E-state index in [1.807, 2.05) is 16.8 Å². The second-order valence-corrected chi connectivity index (χ2v) is 6.86. The molecule has 0 saturated carbocycles. The van der Waals surface area contributed by atoms with Crippen LogP contribution in [0.3, 0.4) is 0 Å². The molecular formula is C19H17N3O4S. The van der Waals surface area contributed by atoms with E-state index in [1.165, 1.54) is 7.11 Å². The molecule has 0 saturated heterocycles. The van der Waals surface area contributed by atoms with Crippen LogP contribution < -0.4 is 0 Å². The Morgan fingerprint density at radius 3 is 3.07 bits per heavy atom. The lowest BCUT2D eigenvalue weighted by molar-refractivity contribution is 0.0513. The van der Waals surface area contributed by atoms with Crippen molar-refractivity contribution in [1.29, 1.82) is 5.26 Å². The van der Waals surface area contributed by atoms with Gasteiger partial charge in [0.25, 0.3) is 0 Å². The molecule has 0 bridgehead atoms. The van der Waals surface area contributed by atoms with E-state index >= 15 is 0 Å². The third kappa shape index (κ3) is 2.80. The molecule has 2 aromatic rings. The molecule has 0 amide bonds. The third-order valence-electron chi connectivity index (χ3n) is 4.63. The average molecular weight is 383 g/mol. The number of nitriles is 1. The highest BCUT2D eigenvalue weighted by Crippen LogP contribution is 2.44. The van der Waals surface area contributed by atoms with Gasteiger partial charge in [0, 0.05) is 23.4 Å². The fourth-order valence-corrected chi connectivity index (χ4v) is 4.05. The van der Waals surface area contributed by atoms with E-state index in [0.29, 0.717) is 29.1 Å². The van der Waals surface area contributed by atoms with Gasteiger partial charge in [-0.15, -0.1) is 0 Å². The zero-order valence-electron chi connectivity index (χ0n) is 14.9. The fraction of sp³-hybridized carbons (Fsp3) is 0.316. The number of hydrogen-bond acceptors (Lipinski definition) is 7. The van der Waals surface area contributed by atoms with Gasteiger partial charge in [-0.25, -0.2) is 9.48 Å². The maximum atomic E-state index is 12.4. The molecule has 0 fully saturated rings. The van der Waals surface area contributed by atoms with Crippen LogP contribution >= 0.6 is 11.3 Å². The van der Waals surface area contributed by atoms with Gasteiger partial charge < -0.3 is 14.2 Å². The molecule has 0 spiro atoms. The topological polar surface area (TPSA) is 86.4 Å². The zero-order valence-corrected chi connectivity index (χ0v) is 15.7. The van der Waals surface area contributed by atoms with Gasteiger partial charge in [0.1, 0.15) is 18.1 Å². The van der Waals surface area contributed by atoms with Gasteiger partial charge >= 0.3 is 5.97 Å². The van der Waals surface area contributed by atoms with Crippen molar-refractivity contribution in [3.8, 4) is 11.8 Å². The van der Waals surface area contributed by atoms with Crippen LogP contribution in [0, 0.1) is 11.3 Å². The summed E-state index contributed by atoms with van der Waals surface area (Å²) in [6, 6.07) is 4.15. The first-order chi connectivity index (χ1) is 13.2. The Labute approximate surface area is 160 Å². The van der Waals surface area contributed by atoms with Gasteiger partial charge in [0.05, 0.1) is 42.7 Å². The molecule has 0 N–H and O–H groups in total. The molecule has 1 atom stereocenters. The van der Waals surface area contributed by atoms with Gasteiger partial charge in [-0.1, -0.05) is 0 Å². The minimum absolute atomic E-state index is 0.210. The predicted molar refractivity (Wildman–Crippen MR) is 97.3 cm³/mol. The standard InChI is InChI=1S/C19H17N3O4S/c1-3-25-19(23)17-14-9-26-16-7-15(24-2)11(8-20)6-13(16)18(14)22(21-17)12-4-5-27-10-12/h4-5,7,10,13H,3,6,9H2,1-2H3. The monoisotopic (exact) mass is 383 g/mol. The number of methoxy groups -OCH3 is 1. The van der Waals surface area contributed by atoms with Crippen molar-refractivity contribution in [3.05, 3.63) is 56.9 Å². The molecular weight excluding hydrogens is 366 g/mol. The Hall–Kier alpha value is -3.05. The van der Waals surface area contributed by atoms with E-state index in [4.69, 9.17) is 14.2 Å². The minimum atomic E-state index is -0.469. The number of ether oxygens (including phenoxy) is 3. The number of aromatic nitrogens is 2. The molecule has 27 heavy (non-hydrogen) atoms. The van der Waals surface area contributed by atoms with Crippen molar-refractivity contribution in [2.45, 2.75) is 25.9 Å². The molecule has 7 nitrogen and oxygen atoms in total. The van der Waals surface area contributed by atoms with Crippen molar-refractivity contribution < 1.29 is 19.0 Å². The Morgan fingerprint density at radius 2 is 2.41 bits per heavy atom. The molecule has 1 unspecified atom stereocenters. The summed E-state index contributed by atoms with van der Waals surface area (Å²) in [6.07, 6.45) is 2.18. The molecule has 2 aromatic heterocycles. The highest BCUT2D eigenvalue weighted by molar-refractivity contribution is 7.08. The minimum Gasteiger partial charge on any atom is -0.496 e. The van der Waals surface area contributed by atoms with Gasteiger partial charge in [0.15, 0.2) is 5.69 Å². The number of esters is 1. The lowest BCUT2D eigenvalue weighted by atomic mass is 9.85. The maximum Gasteiger partial charge on any atom is 0.359 e. The molecule has 1 aliphatic heterocycles. The van der Waals surface area contributed by atoms with Crippen LogP contribution in [0.1, 0.15) is 41.0 Å². The van der Waals surface area contributed by atoms with Crippen LogP contribution in [0.15, 0.2) is 40.0 Å². The lowest BCUT2D eigenvalue weighted by Gasteiger charge is -2.30. The molecule has 4 rings (SSSR count). The number of nitrogens with zero attached hydrogens (tertiary/aromatic N) is 3. The number of hydrogen-bond donors (Lipinski definition) is 0.